The largest absolute Gasteiger partial charge is 0.493 e. The maximum atomic E-state index is 13.2. The predicted molar refractivity (Wildman–Crippen MR) is 76.3 cm³/mol. The van der Waals surface area contributed by atoms with Crippen LogP contribution in [0.15, 0.2) is 18.2 Å². The Balaban J connectivity index is 2.10. The summed E-state index contributed by atoms with van der Waals surface area (Å²) < 4.78 is 44.9. The molecule has 0 heterocycles. The van der Waals surface area contributed by atoms with E-state index in [4.69, 9.17) is 4.74 Å². The Hall–Kier alpha value is -1.23. The van der Waals surface area contributed by atoms with Crippen molar-refractivity contribution < 1.29 is 17.9 Å². The van der Waals surface area contributed by atoms with Crippen molar-refractivity contribution in [2.75, 3.05) is 13.2 Å². The van der Waals surface area contributed by atoms with Crippen LogP contribution >= 0.6 is 0 Å². The van der Waals surface area contributed by atoms with Gasteiger partial charge in [0, 0.05) is 6.54 Å². The van der Waals surface area contributed by atoms with Crippen LogP contribution in [-0.4, -0.2) is 13.2 Å². The standard InChI is InChI=1S/C16H22F3NO/c1-2-20-10-13-7-8-15(14(9-13)16(17,18)19)21-11-12-5-3-4-6-12/h7-9,12,20H,2-6,10-11H2,1H3. The molecule has 1 N–H and O–H groups in total. The molecule has 0 bridgehead atoms. The van der Waals surface area contributed by atoms with E-state index >= 15 is 0 Å². The SMILES string of the molecule is CCNCc1ccc(OCC2CCCC2)c(C(F)(F)F)c1. The molecule has 21 heavy (non-hydrogen) atoms. The van der Waals surface area contributed by atoms with E-state index in [0.29, 0.717) is 24.6 Å². The third kappa shape index (κ3) is 4.63. The summed E-state index contributed by atoms with van der Waals surface area (Å²) in [6, 6.07) is 4.33. The average Bonchev–Trinajstić information content (AvgIpc) is 2.95. The van der Waals surface area contributed by atoms with Crippen molar-refractivity contribution in [1.29, 1.82) is 0 Å². The number of hydrogen-bond acceptors (Lipinski definition) is 2. The lowest BCUT2D eigenvalue weighted by atomic mass is 10.1. The van der Waals surface area contributed by atoms with Crippen molar-refractivity contribution in [3.63, 3.8) is 0 Å². The second-order valence-electron chi connectivity index (χ2n) is 5.57. The Labute approximate surface area is 123 Å². The first-order valence-electron chi connectivity index (χ1n) is 7.54. The van der Waals surface area contributed by atoms with Crippen molar-refractivity contribution in [3.05, 3.63) is 29.3 Å². The number of benzene rings is 1. The number of alkyl halides is 3. The average molecular weight is 301 g/mol. The molecule has 1 aliphatic carbocycles. The fourth-order valence-corrected chi connectivity index (χ4v) is 2.69. The molecule has 1 aliphatic rings. The van der Waals surface area contributed by atoms with Gasteiger partial charge in [-0.15, -0.1) is 0 Å². The molecule has 2 nitrogen and oxygen atoms in total. The van der Waals surface area contributed by atoms with Gasteiger partial charge in [-0.1, -0.05) is 25.8 Å². The quantitative estimate of drug-likeness (QED) is 0.841. The highest BCUT2D eigenvalue weighted by atomic mass is 19.4. The highest BCUT2D eigenvalue weighted by molar-refractivity contribution is 5.39. The second-order valence-corrected chi connectivity index (χ2v) is 5.57. The zero-order valence-electron chi connectivity index (χ0n) is 12.3. The molecule has 0 atom stereocenters. The number of hydrogen-bond donors (Lipinski definition) is 1. The molecule has 1 saturated carbocycles. The number of ether oxygens (including phenoxy) is 1. The molecule has 0 aliphatic heterocycles. The van der Waals surface area contributed by atoms with Crippen LogP contribution < -0.4 is 10.1 Å². The van der Waals surface area contributed by atoms with Crippen LogP contribution in [0.3, 0.4) is 0 Å². The van der Waals surface area contributed by atoms with Crippen LogP contribution in [0.25, 0.3) is 0 Å². The van der Waals surface area contributed by atoms with Crippen LogP contribution in [0.1, 0.15) is 43.7 Å². The van der Waals surface area contributed by atoms with Gasteiger partial charge in [-0.25, -0.2) is 0 Å². The maximum absolute atomic E-state index is 13.2. The predicted octanol–water partition coefficient (Wildman–Crippen LogP) is 4.38. The first kappa shape index (κ1) is 16.1. The molecule has 1 aromatic carbocycles. The number of nitrogens with one attached hydrogen (secondary N) is 1. The van der Waals surface area contributed by atoms with Crippen molar-refractivity contribution in [2.45, 2.75) is 45.3 Å². The zero-order valence-corrected chi connectivity index (χ0v) is 12.3. The number of halogens is 3. The van der Waals surface area contributed by atoms with Gasteiger partial charge in [0.2, 0.25) is 0 Å². The van der Waals surface area contributed by atoms with Gasteiger partial charge in [-0.3, -0.25) is 0 Å². The van der Waals surface area contributed by atoms with Crippen molar-refractivity contribution in [1.82, 2.24) is 5.32 Å². The van der Waals surface area contributed by atoms with Crippen LogP contribution in [0.2, 0.25) is 0 Å². The van der Waals surface area contributed by atoms with E-state index in [2.05, 4.69) is 5.32 Å². The summed E-state index contributed by atoms with van der Waals surface area (Å²) in [5, 5.41) is 3.03. The summed E-state index contributed by atoms with van der Waals surface area (Å²) in [6.45, 7) is 3.46. The van der Waals surface area contributed by atoms with E-state index in [1.807, 2.05) is 6.92 Å². The summed E-state index contributed by atoms with van der Waals surface area (Å²) in [5.41, 5.74) is -0.0479. The van der Waals surface area contributed by atoms with Crippen molar-refractivity contribution in [3.8, 4) is 5.75 Å². The smallest absolute Gasteiger partial charge is 0.419 e. The molecule has 0 spiro atoms. The molecule has 0 amide bonds. The van der Waals surface area contributed by atoms with E-state index in [0.717, 1.165) is 32.2 Å². The summed E-state index contributed by atoms with van der Waals surface area (Å²) in [5.74, 6) is 0.349. The normalized spacial score (nSPS) is 16.4. The van der Waals surface area contributed by atoms with Gasteiger partial charge in [0.15, 0.2) is 0 Å². The summed E-state index contributed by atoms with van der Waals surface area (Å²) in [7, 11) is 0. The van der Waals surface area contributed by atoms with Gasteiger partial charge in [0.25, 0.3) is 0 Å². The summed E-state index contributed by atoms with van der Waals surface area (Å²) >= 11 is 0. The fourth-order valence-electron chi connectivity index (χ4n) is 2.69. The van der Waals surface area contributed by atoms with E-state index in [1.165, 1.54) is 12.1 Å². The Morgan fingerprint density at radius 3 is 2.57 bits per heavy atom. The summed E-state index contributed by atoms with van der Waals surface area (Å²) in [6.07, 6.45) is 0.0382. The molecule has 0 unspecified atom stereocenters. The molecular formula is C16H22F3NO. The lowest BCUT2D eigenvalue weighted by Crippen LogP contribution is -2.15. The highest BCUT2D eigenvalue weighted by Gasteiger charge is 2.35. The van der Waals surface area contributed by atoms with E-state index in [9.17, 15) is 13.2 Å². The minimum absolute atomic E-state index is 0.0466. The third-order valence-electron chi connectivity index (χ3n) is 3.88. The lowest BCUT2D eigenvalue weighted by Gasteiger charge is -2.17. The molecule has 0 aromatic heterocycles. The van der Waals surface area contributed by atoms with Crippen molar-refractivity contribution in [2.24, 2.45) is 5.92 Å². The van der Waals surface area contributed by atoms with Gasteiger partial charge in [0.05, 0.1) is 12.2 Å². The molecule has 1 aromatic rings. The number of rotatable bonds is 6. The monoisotopic (exact) mass is 301 g/mol. The fraction of sp³-hybridized carbons (Fsp3) is 0.625. The third-order valence-corrected chi connectivity index (χ3v) is 3.88. The van der Waals surface area contributed by atoms with E-state index in [-0.39, 0.29) is 5.75 Å². The van der Waals surface area contributed by atoms with Gasteiger partial charge in [0.1, 0.15) is 5.75 Å². The molecular weight excluding hydrogens is 279 g/mol. The van der Waals surface area contributed by atoms with Gasteiger partial charge >= 0.3 is 6.18 Å². The summed E-state index contributed by atoms with van der Waals surface area (Å²) in [4.78, 5) is 0. The van der Waals surface area contributed by atoms with Gasteiger partial charge in [-0.2, -0.15) is 13.2 Å². The van der Waals surface area contributed by atoms with Crippen LogP contribution in [0.4, 0.5) is 13.2 Å². The second kappa shape index (κ2) is 7.16. The molecule has 1 fully saturated rings. The minimum atomic E-state index is -4.38. The first-order valence-corrected chi connectivity index (χ1v) is 7.54. The van der Waals surface area contributed by atoms with Crippen LogP contribution in [0, 0.1) is 5.92 Å². The van der Waals surface area contributed by atoms with Gasteiger partial charge in [-0.05, 0) is 43.0 Å². The Morgan fingerprint density at radius 2 is 1.95 bits per heavy atom. The minimum Gasteiger partial charge on any atom is -0.493 e. The molecule has 5 heteroatoms. The molecule has 2 rings (SSSR count). The molecule has 0 radical (unpaired) electrons. The first-order chi connectivity index (χ1) is 10.0. The van der Waals surface area contributed by atoms with Crippen LogP contribution in [0.5, 0.6) is 5.75 Å². The Kier molecular flexibility index (Phi) is 5.51. The van der Waals surface area contributed by atoms with Gasteiger partial charge < -0.3 is 10.1 Å². The highest BCUT2D eigenvalue weighted by Crippen LogP contribution is 2.37. The molecule has 118 valence electrons. The van der Waals surface area contributed by atoms with Crippen LogP contribution in [-0.2, 0) is 12.7 Å². The Morgan fingerprint density at radius 1 is 1.24 bits per heavy atom. The van der Waals surface area contributed by atoms with E-state index < -0.39 is 11.7 Å². The topological polar surface area (TPSA) is 21.3 Å². The Bertz CT molecular complexity index is 453. The lowest BCUT2D eigenvalue weighted by molar-refractivity contribution is -0.139. The van der Waals surface area contributed by atoms with Crippen molar-refractivity contribution >= 4 is 0 Å². The maximum Gasteiger partial charge on any atom is 0.419 e. The van der Waals surface area contributed by atoms with E-state index in [1.54, 1.807) is 6.07 Å². The molecule has 0 saturated heterocycles. The zero-order chi connectivity index (χ0) is 15.3.